The first-order valence-electron chi connectivity index (χ1n) is 9.67. The van der Waals surface area contributed by atoms with Gasteiger partial charge in [-0.25, -0.2) is 0 Å². The van der Waals surface area contributed by atoms with Crippen LogP contribution in [0.25, 0.3) is 0 Å². The van der Waals surface area contributed by atoms with Crippen molar-refractivity contribution in [2.45, 2.75) is 39.9 Å². The van der Waals surface area contributed by atoms with Crippen molar-refractivity contribution in [3.8, 4) is 11.5 Å². The monoisotopic (exact) mass is 360 g/mol. The lowest BCUT2D eigenvalue weighted by Crippen LogP contribution is -2.02. The van der Waals surface area contributed by atoms with Crippen LogP contribution in [-0.2, 0) is 19.6 Å². The molecule has 0 aromatic heterocycles. The molecule has 3 rings (SSSR count). The van der Waals surface area contributed by atoms with Gasteiger partial charge in [0.15, 0.2) is 11.5 Å². The molecule has 0 fully saturated rings. The van der Waals surface area contributed by atoms with E-state index in [1.54, 1.807) is 0 Å². The van der Waals surface area contributed by atoms with Gasteiger partial charge in [-0.2, -0.15) is 0 Å². The summed E-state index contributed by atoms with van der Waals surface area (Å²) in [4.78, 5) is 0. The van der Waals surface area contributed by atoms with Gasteiger partial charge in [-0.05, 0) is 47.6 Å². The zero-order valence-corrected chi connectivity index (χ0v) is 16.2. The summed E-state index contributed by atoms with van der Waals surface area (Å²) < 4.78 is 12.2. The summed E-state index contributed by atoms with van der Waals surface area (Å²) in [5, 5.41) is 0. The van der Waals surface area contributed by atoms with Crippen molar-refractivity contribution in [1.82, 2.24) is 0 Å². The average molecular weight is 360 g/mol. The van der Waals surface area contributed by atoms with Crippen molar-refractivity contribution in [3.63, 3.8) is 0 Å². The fourth-order valence-corrected chi connectivity index (χ4v) is 2.87. The maximum Gasteiger partial charge on any atom is 0.161 e. The van der Waals surface area contributed by atoms with E-state index >= 15 is 0 Å². The van der Waals surface area contributed by atoms with E-state index in [-0.39, 0.29) is 0 Å². The molecule has 0 radical (unpaired) electrons. The lowest BCUT2D eigenvalue weighted by molar-refractivity contribution is 0.255. The molecule has 0 amide bonds. The molecule has 0 aliphatic carbocycles. The van der Waals surface area contributed by atoms with Crippen LogP contribution in [-0.4, -0.2) is 0 Å². The van der Waals surface area contributed by atoms with E-state index in [1.807, 2.05) is 42.5 Å². The number of benzene rings is 3. The van der Waals surface area contributed by atoms with Crippen molar-refractivity contribution in [3.05, 3.63) is 95.6 Å². The van der Waals surface area contributed by atoms with Gasteiger partial charge in [0.1, 0.15) is 13.2 Å². The van der Waals surface area contributed by atoms with Crippen LogP contribution in [0.5, 0.6) is 11.5 Å². The Morgan fingerprint density at radius 1 is 0.630 bits per heavy atom. The van der Waals surface area contributed by atoms with Gasteiger partial charge in [-0.3, -0.25) is 0 Å². The van der Waals surface area contributed by atoms with E-state index in [0.29, 0.717) is 19.1 Å². The molecule has 0 spiro atoms. The van der Waals surface area contributed by atoms with Crippen LogP contribution in [0.1, 0.15) is 37.0 Å². The zero-order chi connectivity index (χ0) is 18.9. The number of aryl methyl sites for hydroxylation is 1. The predicted molar refractivity (Wildman–Crippen MR) is 111 cm³/mol. The standard InChI is InChI=1S/C25H28O2/c1-20(2)13-14-21-15-16-24(26-18-22-9-5-3-6-10-22)25(17-21)27-19-23-11-7-4-8-12-23/h3-12,15-17,20H,13-14,18-19H2,1-2H3. The first-order chi connectivity index (χ1) is 13.2. The second kappa shape index (κ2) is 9.82. The third-order valence-corrected chi connectivity index (χ3v) is 4.49. The minimum Gasteiger partial charge on any atom is -0.485 e. The SMILES string of the molecule is CC(C)CCc1ccc(OCc2ccccc2)c(OCc2ccccc2)c1. The van der Waals surface area contributed by atoms with Gasteiger partial charge in [-0.15, -0.1) is 0 Å². The largest absolute Gasteiger partial charge is 0.485 e. The Balaban J connectivity index is 1.73. The summed E-state index contributed by atoms with van der Waals surface area (Å²) in [7, 11) is 0. The Bertz CT molecular complexity index is 810. The van der Waals surface area contributed by atoms with Crippen molar-refractivity contribution in [2.75, 3.05) is 0 Å². The Morgan fingerprint density at radius 3 is 1.74 bits per heavy atom. The first-order valence-corrected chi connectivity index (χ1v) is 9.67. The third-order valence-electron chi connectivity index (χ3n) is 4.49. The molecule has 0 bridgehead atoms. The van der Waals surface area contributed by atoms with Gasteiger partial charge in [0, 0.05) is 0 Å². The Kier molecular flexibility index (Phi) is 6.92. The predicted octanol–water partition coefficient (Wildman–Crippen LogP) is 6.43. The summed E-state index contributed by atoms with van der Waals surface area (Å²) in [6, 6.07) is 26.8. The molecule has 2 heteroatoms. The van der Waals surface area contributed by atoms with E-state index in [0.717, 1.165) is 29.0 Å². The highest BCUT2D eigenvalue weighted by Crippen LogP contribution is 2.31. The summed E-state index contributed by atoms with van der Waals surface area (Å²) in [6.45, 7) is 5.58. The highest BCUT2D eigenvalue weighted by atomic mass is 16.5. The van der Waals surface area contributed by atoms with Crippen LogP contribution < -0.4 is 9.47 Å². The molecule has 0 atom stereocenters. The van der Waals surface area contributed by atoms with E-state index in [2.05, 4.69) is 50.2 Å². The summed E-state index contributed by atoms with van der Waals surface area (Å²) in [6.07, 6.45) is 2.22. The van der Waals surface area contributed by atoms with E-state index in [1.165, 1.54) is 12.0 Å². The van der Waals surface area contributed by atoms with Gasteiger partial charge in [0.05, 0.1) is 0 Å². The lowest BCUT2D eigenvalue weighted by atomic mass is 10.0. The average Bonchev–Trinajstić information content (AvgIpc) is 2.71. The fourth-order valence-electron chi connectivity index (χ4n) is 2.87. The van der Waals surface area contributed by atoms with E-state index in [9.17, 15) is 0 Å². The maximum absolute atomic E-state index is 6.13. The normalized spacial score (nSPS) is 10.8. The highest BCUT2D eigenvalue weighted by Gasteiger charge is 2.09. The Labute approximate surface area is 162 Å². The van der Waals surface area contributed by atoms with Gasteiger partial charge < -0.3 is 9.47 Å². The molecular weight excluding hydrogens is 332 g/mol. The molecule has 0 unspecified atom stereocenters. The molecule has 27 heavy (non-hydrogen) atoms. The van der Waals surface area contributed by atoms with E-state index in [4.69, 9.17) is 9.47 Å². The number of rotatable bonds is 9. The Hall–Kier alpha value is -2.74. The molecule has 0 N–H and O–H groups in total. The van der Waals surface area contributed by atoms with Gasteiger partial charge in [0.2, 0.25) is 0 Å². The summed E-state index contributed by atoms with van der Waals surface area (Å²) >= 11 is 0. The molecule has 0 aliphatic heterocycles. The molecule has 2 nitrogen and oxygen atoms in total. The third kappa shape index (κ3) is 6.18. The second-order valence-corrected chi connectivity index (χ2v) is 7.26. The molecule has 3 aromatic carbocycles. The van der Waals surface area contributed by atoms with Gasteiger partial charge in [-0.1, -0.05) is 80.6 Å². The van der Waals surface area contributed by atoms with Crippen LogP contribution in [0.2, 0.25) is 0 Å². The molecule has 0 saturated carbocycles. The Morgan fingerprint density at radius 2 is 1.19 bits per heavy atom. The quantitative estimate of drug-likeness (QED) is 0.437. The number of ether oxygens (including phenoxy) is 2. The summed E-state index contributed by atoms with van der Waals surface area (Å²) in [5.74, 6) is 2.30. The van der Waals surface area contributed by atoms with Gasteiger partial charge in [0.25, 0.3) is 0 Å². The second-order valence-electron chi connectivity index (χ2n) is 7.26. The van der Waals surface area contributed by atoms with Crippen LogP contribution >= 0.6 is 0 Å². The molecule has 140 valence electrons. The number of hydrogen-bond donors (Lipinski definition) is 0. The first kappa shape index (κ1) is 19.0. The molecule has 0 heterocycles. The fraction of sp³-hybridized carbons (Fsp3) is 0.280. The van der Waals surface area contributed by atoms with Crippen molar-refractivity contribution in [2.24, 2.45) is 5.92 Å². The lowest BCUT2D eigenvalue weighted by Gasteiger charge is -2.15. The van der Waals surface area contributed by atoms with Crippen LogP contribution in [0.3, 0.4) is 0 Å². The highest BCUT2D eigenvalue weighted by molar-refractivity contribution is 5.43. The molecule has 0 saturated heterocycles. The van der Waals surface area contributed by atoms with Crippen molar-refractivity contribution >= 4 is 0 Å². The molecular formula is C25H28O2. The summed E-state index contributed by atoms with van der Waals surface area (Å²) in [5.41, 5.74) is 3.59. The zero-order valence-electron chi connectivity index (χ0n) is 16.2. The van der Waals surface area contributed by atoms with Gasteiger partial charge >= 0.3 is 0 Å². The maximum atomic E-state index is 6.13. The van der Waals surface area contributed by atoms with Crippen LogP contribution in [0.15, 0.2) is 78.9 Å². The number of hydrogen-bond acceptors (Lipinski definition) is 2. The minimum absolute atomic E-state index is 0.536. The topological polar surface area (TPSA) is 18.5 Å². The smallest absolute Gasteiger partial charge is 0.161 e. The van der Waals surface area contributed by atoms with Crippen LogP contribution in [0.4, 0.5) is 0 Å². The van der Waals surface area contributed by atoms with Crippen molar-refractivity contribution in [1.29, 1.82) is 0 Å². The minimum atomic E-state index is 0.536. The van der Waals surface area contributed by atoms with Crippen molar-refractivity contribution < 1.29 is 9.47 Å². The van der Waals surface area contributed by atoms with E-state index < -0.39 is 0 Å². The molecule has 3 aromatic rings. The molecule has 0 aliphatic rings. The van der Waals surface area contributed by atoms with Crippen LogP contribution in [0, 0.1) is 5.92 Å².